The lowest BCUT2D eigenvalue weighted by Gasteiger charge is -2.10. The molecule has 3 aromatic carbocycles. The van der Waals surface area contributed by atoms with Crippen molar-refractivity contribution >= 4 is 12.1 Å². The van der Waals surface area contributed by atoms with E-state index in [0.29, 0.717) is 17.9 Å². The number of nitrogens with zero attached hydrogens (tertiary/aromatic N) is 1. The zero-order valence-corrected chi connectivity index (χ0v) is 15.0. The first kappa shape index (κ1) is 18.2. The average molecular weight is 360 g/mol. The SMILES string of the molecule is COc1ccc(/C=N\NC(=O)c2ccccc2OCc2ccccc2)cc1. The second-order valence-corrected chi connectivity index (χ2v) is 5.74. The Morgan fingerprint density at radius 3 is 2.41 bits per heavy atom. The van der Waals surface area contributed by atoms with E-state index >= 15 is 0 Å². The van der Waals surface area contributed by atoms with E-state index in [-0.39, 0.29) is 5.91 Å². The molecule has 0 fully saturated rings. The van der Waals surface area contributed by atoms with Crippen LogP contribution in [-0.2, 0) is 6.61 Å². The van der Waals surface area contributed by atoms with E-state index in [2.05, 4.69) is 10.5 Å². The highest BCUT2D eigenvalue weighted by atomic mass is 16.5. The number of carbonyl (C=O) groups is 1. The van der Waals surface area contributed by atoms with Crippen LogP contribution >= 0.6 is 0 Å². The van der Waals surface area contributed by atoms with Gasteiger partial charge in [-0.1, -0.05) is 42.5 Å². The molecule has 0 bridgehead atoms. The van der Waals surface area contributed by atoms with Crippen molar-refractivity contribution in [3.8, 4) is 11.5 Å². The van der Waals surface area contributed by atoms with Crippen molar-refractivity contribution in [2.24, 2.45) is 5.10 Å². The van der Waals surface area contributed by atoms with E-state index in [9.17, 15) is 4.79 Å². The Morgan fingerprint density at radius 1 is 0.963 bits per heavy atom. The fraction of sp³-hybridized carbons (Fsp3) is 0.0909. The van der Waals surface area contributed by atoms with Gasteiger partial charge in [0.15, 0.2) is 0 Å². The maximum atomic E-state index is 12.4. The fourth-order valence-corrected chi connectivity index (χ4v) is 2.43. The highest BCUT2D eigenvalue weighted by Gasteiger charge is 2.11. The van der Waals surface area contributed by atoms with Gasteiger partial charge in [0.1, 0.15) is 18.1 Å². The molecule has 5 heteroatoms. The molecule has 0 aliphatic carbocycles. The number of amides is 1. The number of rotatable bonds is 7. The van der Waals surface area contributed by atoms with Crippen molar-refractivity contribution in [1.29, 1.82) is 0 Å². The summed E-state index contributed by atoms with van der Waals surface area (Å²) in [4.78, 5) is 12.4. The molecule has 1 amide bonds. The predicted molar refractivity (Wildman–Crippen MR) is 105 cm³/mol. The van der Waals surface area contributed by atoms with Gasteiger partial charge in [0.25, 0.3) is 5.91 Å². The first-order valence-electron chi connectivity index (χ1n) is 8.49. The van der Waals surface area contributed by atoms with Gasteiger partial charge in [-0.3, -0.25) is 4.79 Å². The van der Waals surface area contributed by atoms with Crippen molar-refractivity contribution in [3.63, 3.8) is 0 Å². The lowest BCUT2D eigenvalue weighted by Crippen LogP contribution is -2.18. The van der Waals surface area contributed by atoms with Crippen molar-refractivity contribution in [1.82, 2.24) is 5.43 Å². The molecule has 136 valence electrons. The standard InChI is InChI=1S/C22H20N2O3/c1-26-19-13-11-17(12-14-19)15-23-24-22(25)20-9-5-6-10-21(20)27-16-18-7-3-2-4-8-18/h2-15H,16H2,1H3,(H,24,25)/b23-15-. The summed E-state index contributed by atoms with van der Waals surface area (Å²) in [5.74, 6) is 0.947. The molecule has 0 aromatic heterocycles. The van der Waals surface area contributed by atoms with Crippen LogP contribution in [0.5, 0.6) is 11.5 Å². The minimum atomic E-state index is -0.330. The lowest BCUT2D eigenvalue weighted by molar-refractivity contribution is 0.0950. The van der Waals surface area contributed by atoms with Gasteiger partial charge in [-0.25, -0.2) is 5.43 Å². The first-order chi connectivity index (χ1) is 13.3. The molecule has 0 aliphatic rings. The number of methoxy groups -OCH3 is 1. The van der Waals surface area contributed by atoms with Crippen LogP contribution in [0, 0.1) is 0 Å². The van der Waals surface area contributed by atoms with Crippen molar-refractivity contribution in [2.45, 2.75) is 6.61 Å². The molecule has 0 atom stereocenters. The van der Waals surface area contributed by atoms with Crippen LogP contribution < -0.4 is 14.9 Å². The fourth-order valence-electron chi connectivity index (χ4n) is 2.43. The zero-order valence-electron chi connectivity index (χ0n) is 15.0. The topological polar surface area (TPSA) is 59.9 Å². The van der Waals surface area contributed by atoms with E-state index in [1.165, 1.54) is 0 Å². The molecular formula is C22H20N2O3. The second-order valence-electron chi connectivity index (χ2n) is 5.74. The number of carbonyl (C=O) groups excluding carboxylic acids is 1. The largest absolute Gasteiger partial charge is 0.497 e. The van der Waals surface area contributed by atoms with Gasteiger partial charge in [-0.2, -0.15) is 5.10 Å². The van der Waals surface area contributed by atoms with Crippen molar-refractivity contribution < 1.29 is 14.3 Å². The third kappa shape index (κ3) is 5.19. The summed E-state index contributed by atoms with van der Waals surface area (Å²) < 4.78 is 10.9. The van der Waals surface area contributed by atoms with Crippen LogP contribution in [0.25, 0.3) is 0 Å². The minimum Gasteiger partial charge on any atom is -0.497 e. The van der Waals surface area contributed by atoms with Crippen LogP contribution in [0.15, 0.2) is 84.0 Å². The highest BCUT2D eigenvalue weighted by molar-refractivity contribution is 5.97. The Bertz CT molecular complexity index is 906. The molecule has 0 saturated carbocycles. The Balaban J connectivity index is 1.63. The van der Waals surface area contributed by atoms with Crippen LogP contribution in [0.2, 0.25) is 0 Å². The van der Waals surface area contributed by atoms with E-state index in [0.717, 1.165) is 16.9 Å². The third-order valence-corrected chi connectivity index (χ3v) is 3.86. The molecule has 0 radical (unpaired) electrons. The number of benzene rings is 3. The molecule has 0 aliphatic heterocycles. The summed E-state index contributed by atoms with van der Waals surface area (Å²) in [6.45, 7) is 0.389. The Hall–Kier alpha value is -3.60. The summed E-state index contributed by atoms with van der Waals surface area (Å²) in [5.41, 5.74) is 4.85. The number of nitrogens with one attached hydrogen (secondary N) is 1. The molecule has 5 nitrogen and oxygen atoms in total. The number of hydrogen-bond acceptors (Lipinski definition) is 4. The van der Waals surface area contributed by atoms with Gasteiger partial charge < -0.3 is 9.47 Å². The molecule has 0 saturated heterocycles. The summed E-state index contributed by atoms with van der Waals surface area (Å²) in [7, 11) is 1.61. The van der Waals surface area contributed by atoms with Gasteiger partial charge in [0.2, 0.25) is 0 Å². The highest BCUT2D eigenvalue weighted by Crippen LogP contribution is 2.19. The van der Waals surface area contributed by atoms with E-state index in [4.69, 9.17) is 9.47 Å². The molecular weight excluding hydrogens is 340 g/mol. The second kappa shape index (κ2) is 9.20. The molecule has 0 spiro atoms. The normalized spacial score (nSPS) is 10.6. The van der Waals surface area contributed by atoms with Crippen LogP contribution in [0.1, 0.15) is 21.5 Å². The number of para-hydroxylation sites is 1. The Morgan fingerprint density at radius 2 is 1.67 bits per heavy atom. The van der Waals surface area contributed by atoms with Gasteiger partial charge in [-0.05, 0) is 47.5 Å². The number of hydrazone groups is 1. The molecule has 1 N–H and O–H groups in total. The summed E-state index contributed by atoms with van der Waals surface area (Å²) in [5, 5.41) is 4.01. The predicted octanol–water partition coefficient (Wildman–Crippen LogP) is 4.04. The van der Waals surface area contributed by atoms with Gasteiger partial charge >= 0.3 is 0 Å². The van der Waals surface area contributed by atoms with E-state index < -0.39 is 0 Å². The number of ether oxygens (including phenoxy) is 2. The van der Waals surface area contributed by atoms with Crippen LogP contribution in [-0.4, -0.2) is 19.2 Å². The minimum absolute atomic E-state index is 0.330. The summed E-state index contributed by atoms with van der Waals surface area (Å²) in [6.07, 6.45) is 1.57. The third-order valence-electron chi connectivity index (χ3n) is 3.86. The monoisotopic (exact) mass is 360 g/mol. The molecule has 0 heterocycles. The van der Waals surface area contributed by atoms with Crippen molar-refractivity contribution in [2.75, 3.05) is 7.11 Å². The number of hydrogen-bond donors (Lipinski definition) is 1. The van der Waals surface area contributed by atoms with E-state index in [1.807, 2.05) is 60.7 Å². The van der Waals surface area contributed by atoms with Crippen LogP contribution in [0.3, 0.4) is 0 Å². The molecule has 3 aromatic rings. The first-order valence-corrected chi connectivity index (χ1v) is 8.49. The summed E-state index contributed by atoms with van der Waals surface area (Å²) in [6, 6.07) is 24.3. The molecule has 27 heavy (non-hydrogen) atoms. The maximum absolute atomic E-state index is 12.4. The summed E-state index contributed by atoms with van der Waals surface area (Å²) >= 11 is 0. The smallest absolute Gasteiger partial charge is 0.275 e. The van der Waals surface area contributed by atoms with Crippen LogP contribution in [0.4, 0.5) is 0 Å². The quantitative estimate of drug-likeness (QED) is 0.511. The van der Waals surface area contributed by atoms with Gasteiger partial charge in [0, 0.05) is 0 Å². The average Bonchev–Trinajstić information content (AvgIpc) is 2.73. The molecule has 0 unspecified atom stereocenters. The van der Waals surface area contributed by atoms with Gasteiger partial charge in [0.05, 0.1) is 18.9 Å². The van der Waals surface area contributed by atoms with E-state index in [1.54, 1.807) is 31.5 Å². The zero-order chi connectivity index (χ0) is 18.9. The maximum Gasteiger partial charge on any atom is 0.275 e. The van der Waals surface area contributed by atoms with Gasteiger partial charge in [-0.15, -0.1) is 0 Å². The molecule has 3 rings (SSSR count). The Labute approximate surface area is 158 Å². The van der Waals surface area contributed by atoms with Crippen molar-refractivity contribution in [3.05, 3.63) is 95.6 Å². The Kier molecular flexibility index (Phi) is 6.20. The lowest BCUT2D eigenvalue weighted by atomic mass is 10.2.